The highest BCUT2D eigenvalue weighted by Gasteiger charge is 2.25. The Morgan fingerprint density at radius 2 is 1.82 bits per heavy atom. The Morgan fingerprint density at radius 3 is 2.53 bits per heavy atom. The molecule has 80 valence electrons. The van der Waals surface area contributed by atoms with E-state index in [9.17, 15) is 0 Å². The van der Waals surface area contributed by atoms with Crippen molar-refractivity contribution in [1.29, 1.82) is 10.5 Å². The van der Waals surface area contributed by atoms with E-state index < -0.39 is 0 Å². The Morgan fingerprint density at radius 1 is 1.12 bits per heavy atom. The van der Waals surface area contributed by atoms with Gasteiger partial charge in [0.25, 0.3) is 0 Å². The smallest absolute Gasteiger partial charge is 0.190 e. The number of aromatic nitrogens is 3. The van der Waals surface area contributed by atoms with Crippen molar-refractivity contribution in [3.63, 3.8) is 0 Å². The molecule has 17 heavy (non-hydrogen) atoms. The molecule has 0 atom stereocenters. The molecule has 1 aliphatic heterocycles. The van der Waals surface area contributed by atoms with E-state index in [4.69, 9.17) is 10.5 Å². The van der Waals surface area contributed by atoms with Gasteiger partial charge >= 0.3 is 0 Å². The lowest BCUT2D eigenvalue weighted by atomic mass is 10.4. The van der Waals surface area contributed by atoms with Crippen LogP contribution in [-0.4, -0.2) is 15.0 Å². The molecule has 0 N–H and O–H groups in total. The highest BCUT2D eigenvalue weighted by atomic mass is 32.2. The molecule has 1 aliphatic rings. The lowest BCUT2D eigenvalue weighted by Gasteiger charge is -1.92. The molecule has 8 heteroatoms. The fraction of sp³-hybridized carbons (Fsp3) is 0. The van der Waals surface area contributed by atoms with Crippen molar-refractivity contribution in [2.75, 3.05) is 0 Å². The van der Waals surface area contributed by atoms with E-state index in [1.165, 1.54) is 34.9 Å². The molecule has 0 aromatic carbocycles. The van der Waals surface area contributed by atoms with Gasteiger partial charge in [0.15, 0.2) is 10.5 Å². The zero-order chi connectivity index (χ0) is 11.8. The first kappa shape index (κ1) is 10.5. The second-order valence-electron chi connectivity index (χ2n) is 2.91. The summed E-state index contributed by atoms with van der Waals surface area (Å²) in [6.07, 6.45) is 0. The number of hydrogen-bond acceptors (Lipinski definition) is 8. The second kappa shape index (κ2) is 4.00. The summed E-state index contributed by atoms with van der Waals surface area (Å²) in [6.45, 7) is 0. The van der Waals surface area contributed by atoms with Crippen molar-refractivity contribution in [2.24, 2.45) is 0 Å². The molecule has 0 unspecified atom stereocenters. The minimum Gasteiger partial charge on any atom is -0.224 e. The summed E-state index contributed by atoms with van der Waals surface area (Å²) in [6, 6.07) is 3.74. The zero-order valence-electron chi connectivity index (χ0n) is 8.04. The Bertz CT molecular complexity index is 675. The van der Waals surface area contributed by atoms with Crippen LogP contribution in [0.3, 0.4) is 0 Å². The topological polar surface area (TPSA) is 86.2 Å². The van der Waals surface area contributed by atoms with E-state index in [1.807, 2.05) is 12.1 Å². The highest BCUT2D eigenvalue weighted by molar-refractivity contribution is 8.24. The molecule has 3 rings (SSSR count). The van der Waals surface area contributed by atoms with Crippen molar-refractivity contribution >= 4 is 45.3 Å². The quantitative estimate of drug-likeness (QED) is 0.683. The number of fused-ring (bicyclic) bond motifs is 2. The number of nitriles is 2. The lowest BCUT2D eigenvalue weighted by Crippen LogP contribution is -1.84. The van der Waals surface area contributed by atoms with Gasteiger partial charge in [-0.2, -0.15) is 10.5 Å². The predicted octanol–water partition coefficient (Wildman–Crippen LogP) is 2.54. The van der Waals surface area contributed by atoms with E-state index in [-0.39, 0.29) is 5.57 Å². The van der Waals surface area contributed by atoms with E-state index in [2.05, 4.69) is 15.0 Å². The second-order valence-corrected chi connectivity index (χ2v) is 5.99. The van der Waals surface area contributed by atoms with Gasteiger partial charge < -0.3 is 0 Å². The zero-order valence-corrected chi connectivity index (χ0v) is 10.5. The van der Waals surface area contributed by atoms with Gasteiger partial charge in [0, 0.05) is 0 Å². The first-order valence-corrected chi connectivity index (χ1v) is 6.84. The third kappa shape index (κ3) is 1.67. The predicted molar refractivity (Wildman–Crippen MR) is 65.2 cm³/mol. The average Bonchev–Trinajstić information content (AvgIpc) is 2.92. The molecule has 0 amide bonds. The Labute approximate surface area is 108 Å². The van der Waals surface area contributed by atoms with Gasteiger partial charge in [0.1, 0.15) is 27.8 Å². The van der Waals surface area contributed by atoms with E-state index in [0.717, 1.165) is 9.86 Å². The molecule has 0 spiro atoms. The normalized spacial score (nSPS) is 13.2. The molecular weight excluding hydrogens is 274 g/mol. The third-order valence-electron chi connectivity index (χ3n) is 1.93. The van der Waals surface area contributed by atoms with Crippen LogP contribution in [0.1, 0.15) is 0 Å². The van der Waals surface area contributed by atoms with Crippen molar-refractivity contribution in [1.82, 2.24) is 15.0 Å². The Balaban J connectivity index is 2.13. The minimum absolute atomic E-state index is 0.108. The molecule has 0 saturated heterocycles. The first-order chi connectivity index (χ1) is 8.31. The maximum Gasteiger partial charge on any atom is 0.190 e. The summed E-state index contributed by atoms with van der Waals surface area (Å²) in [4.78, 5) is 13.6. The number of allylic oxidation sites excluding steroid dienone is 1. The highest BCUT2D eigenvalue weighted by Crippen LogP contribution is 2.50. The molecule has 0 bridgehead atoms. The number of thioether (sulfide) groups is 2. The Hall–Kier alpha value is -1.61. The Kier molecular flexibility index (Phi) is 2.48. The van der Waals surface area contributed by atoms with E-state index >= 15 is 0 Å². The van der Waals surface area contributed by atoms with Gasteiger partial charge in [-0.1, -0.05) is 23.5 Å². The van der Waals surface area contributed by atoms with Crippen LogP contribution in [0.2, 0.25) is 0 Å². The number of thiazole rings is 1. The monoisotopic (exact) mass is 275 g/mol. The number of hydrogen-bond donors (Lipinski definition) is 0. The van der Waals surface area contributed by atoms with Gasteiger partial charge in [-0.25, -0.2) is 15.0 Å². The summed E-state index contributed by atoms with van der Waals surface area (Å²) >= 11 is 4.04. The van der Waals surface area contributed by atoms with Crippen molar-refractivity contribution in [2.45, 2.75) is 10.1 Å². The first-order valence-electron chi connectivity index (χ1n) is 4.33. The summed E-state index contributed by atoms with van der Waals surface area (Å²) in [5, 5.41) is 19.1. The number of nitrogens with zero attached hydrogens (tertiary/aromatic N) is 5. The summed E-state index contributed by atoms with van der Waals surface area (Å²) in [7, 11) is 0. The van der Waals surface area contributed by atoms with E-state index in [1.54, 1.807) is 5.51 Å². The lowest BCUT2D eigenvalue weighted by molar-refractivity contribution is 0.977. The SMILES string of the molecule is N#CC(C#N)=C1Sc2nc3ncsc3nc2S1. The molecule has 2 aromatic heterocycles. The standard InChI is InChI=1S/C9HN5S3/c10-1-4(2-11)9-16-7-8(17-9)14-6-5(13-7)12-3-15-6/h3H. The van der Waals surface area contributed by atoms with Crippen LogP contribution in [0.15, 0.2) is 25.4 Å². The fourth-order valence-corrected chi connectivity index (χ4v) is 4.04. The van der Waals surface area contributed by atoms with Crippen molar-refractivity contribution in [3.05, 3.63) is 15.3 Å². The van der Waals surface area contributed by atoms with Gasteiger partial charge in [0.05, 0.1) is 9.75 Å². The molecule has 5 nitrogen and oxygen atoms in total. The fourth-order valence-electron chi connectivity index (χ4n) is 1.22. The van der Waals surface area contributed by atoms with Crippen LogP contribution in [0.4, 0.5) is 0 Å². The van der Waals surface area contributed by atoms with Gasteiger partial charge in [-0.15, -0.1) is 11.3 Å². The molecule has 2 aromatic rings. The van der Waals surface area contributed by atoms with Crippen LogP contribution >= 0.6 is 34.9 Å². The summed E-state index contributed by atoms with van der Waals surface area (Å²) < 4.78 is 0.641. The maximum atomic E-state index is 8.81. The van der Waals surface area contributed by atoms with Crippen LogP contribution in [0.25, 0.3) is 10.5 Å². The van der Waals surface area contributed by atoms with Crippen molar-refractivity contribution < 1.29 is 0 Å². The molecule has 0 fully saturated rings. The minimum atomic E-state index is 0.108. The van der Waals surface area contributed by atoms with Crippen LogP contribution in [-0.2, 0) is 0 Å². The summed E-state index contributed by atoms with van der Waals surface area (Å²) in [5.41, 5.74) is 2.41. The van der Waals surface area contributed by atoms with Crippen LogP contribution in [0, 0.1) is 22.7 Å². The molecule has 0 radical (unpaired) electrons. The molecule has 0 saturated carbocycles. The molecular formula is C9HN5S3. The largest absolute Gasteiger partial charge is 0.224 e. The number of rotatable bonds is 0. The average molecular weight is 275 g/mol. The van der Waals surface area contributed by atoms with Crippen molar-refractivity contribution in [3.8, 4) is 12.1 Å². The van der Waals surface area contributed by atoms with Gasteiger partial charge in [0.2, 0.25) is 0 Å². The van der Waals surface area contributed by atoms with Crippen LogP contribution < -0.4 is 0 Å². The maximum absolute atomic E-state index is 8.81. The molecule has 0 aliphatic carbocycles. The van der Waals surface area contributed by atoms with Crippen LogP contribution in [0.5, 0.6) is 0 Å². The molecule has 3 heterocycles. The third-order valence-corrected chi connectivity index (χ3v) is 5.00. The van der Waals surface area contributed by atoms with Gasteiger partial charge in [-0.3, -0.25) is 0 Å². The van der Waals surface area contributed by atoms with Gasteiger partial charge in [-0.05, 0) is 0 Å². The van der Waals surface area contributed by atoms with E-state index in [0.29, 0.717) is 14.9 Å². The summed E-state index contributed by atoms with van der Waals surface area (Å²) in [5.74, 6) is 0.